The van der Waals surface area contributed by atoms with Crippen LogP contribution in [0, 0.1) is 17.7 Å². The van der Waals surface area contributed by atoms with Gasteiger partial charge >= 0.3 is 0 Å². The fourth-order valence-electron chi connectivity index (χ4n) is 3.14. The maximum atomic E-state index is 14.0. The van der Waals surface area contributed by atoms with Gasteiger partial charge in [-0.1, -0.05) is 26.0 Å². The molecular formula is C16H24FNO. The van der Waals surface area contributed by atoms with Crippen LogP contribution in [0.15, 0.2) is 18.2 Å². The van der Waals surface area contributed by atoms with Crippen molar-refractivity contribution >= 4 is 0 Å². The molecule has 0 radical (unpaired) electrons. The molecule has 1 aromatic carbocycles. The highest BCUT2D eigenvalue weighted by Crippen LogP contribution is 2.34. The van der Waals surface area contributed by atoms with E-state index in [1.54, 1.807) is 6.07 Å². The lowest BCUT2D eigenvalue weighted by atomic mass is 9.82. The van der Waals surface area contributed by atoms with E-state index in [-0.39, 0.29) is 18.0 Å². The Labute approximate surface area is 115 Å². The van der Waals surface area contributed by atoms with E-state index >= 15 is 0 Å². The minimum Gasteiger partial charge on any atom is -0.487 e. The van der Waals surface area contributed by atoms with Crippen LogP contribution in [-0.4, -0.2) is 6.10 Å². The van der Waals surface area contributed by atoms with E-state index in [9.17, 15) is 4.39 Å². The smallest absolute Gasteiger partial charge is 0.165 e. The molecule has 3 atom stereocenters. The number of halogens is 1. The summed E-state index contributed by atoms with van der Waals surface area (Å²) in [4.78, 5) is 0. The van der Waals surface area contributed by atoms with Crippen molar-refractivity contribution in [2.45, 2.75) is 52.2 Å². The molecule has 0 spiro atoms. The number of ether oxygens (including phenoxy) is 1. The molecule has 0 aromatic heterocycles. The quantitative estimate of drug-likeness (QED) is 0.895. The summed E-state index contributed by atoms with van der Waals surface area (Å²) in [7, 11) is 0. The Morgan fingerprint density at radius 1 is 1.21 bits per heavy atom. The van der Waals surface area contributed by atoms with Gasteiger partial charge in [0, 0.05) is 11.6 Å². The minimum absolute atomic E-state index is 0.105. The molecule has 2 nitrogen and oxygen atoms in total. The van der Waals surface area contributed by atoms with E-state index in [1.807, 2.05) is 13.0 Å². The standard InChI is InChI=1S/C16H24FNO/c1-10-7-11(2)9-13(8-10)19-16-14(12(3)18)5-4-6-15(16)17/h4-6,10-13H,7-9,18H2,1-3H3/t10?,11?,12-,13?/m0/s1. The highest BCUT2D eigenvalue weighted by molar-refractivity contribution is 5.37. The molecule has 1 aromatic rings. The van der Waals surface area contributed by atoms with E-state index in [1.165, 1.54) is 12.5 Å². The maximum Gasteiger partial charge on any atom is 0.165 e. The molecule has 19 heavy (non-hydrogen) atoms. The molecule has 0 saturated heterocycles. The fraction of sp³-hybridized carbons (Fsp3) is 0.625. The van der Waals surface area contributed by atoms with Crippen molar-refractivity contribution in [2.75, 3.05) is 0 Å². The van der Waals surface area contributed by atoms with Gasteiger partial charge < -0.3 is 10.5 Å². The van der Waals surface area contributed by atoms with Gasteiger partial charge in [0.25, 0.3) is 0 Å². The van der Waals surface area contributed by atoms with Crippen LogP contribution in [0.1, 0.15) is 51.6 Å². The second-order valence-corrected chi connectivity index (χ2v) is 6.10. The first-order valence-corrected chi connectivity index (χ1v) is 7.18. The summed E-state index contributed by atoms with van der Waals surface area (Å²) < 4.78 is 19.9. The molecule has 0 amide bonds. The summed E-state index contributed by atoms with van der Waals surface area (Å²) in [6.07, 6.45) is 3.33. The average molecular weight is 265 g/mol. The number of benzene rings is 1. The van der Waals surface area contributed by atoms with E-state index in [0.717, 1.165) is 18.4 Å². The number of para-hydroxylation sites is 1. The van der Waals surface area contributed by atoms with Crippen LogP contribution in [0.4, 0.5) is 4.39 Å². The van der Waals surface area contributed by atoms with E-state index in [4.69, 9.17) is 10.5 Å². The van der Waals surface area contributed by atoms with Crippen LogP contribution in [0.3, 0.4) is 0 Å². The third kappa shape index (κ3) is 3.47. The summed E-state index contributed by atoms with van der Waals surface area (Å²) in [5, 5.41) is 0. The maximum absolute atomic E-state index is 14.0. The molecule has 2 unspecified atom stereocenters. The van der Waals surface area contributed by atoms with E-state index in [2.05, 4.69) is 13.8 Å². The number of rotatable bonds is 3. The van der Waals surface area contributed by atoms with Gasteiger partial charge in [0.2, 0.25) is 0 Å². The second-order valence-electron chi connectivity index (χ2n) is 6.10. The zero-order valence-corrected chi connectivity index (χ0v) is 12.0. The van der Waals surface area contributed by atoms with Crippen molar-refractivity contribution in [2.24, 2.45) is 17.6 Å². The molecule has 2 rings (SSSR count). The zero-order valence-electron chi connectivity index (χ0n) is 12.0. The van der Waals surface area contributed by atoms with Gasteiger partial charge in [0.1, 0.15) is 0 Å². The third-order valence-corrected chi connectivity index (χ3v) is 3.91. The lowest BCUT2D eigenvalue weighted by molar-refractivity contribution is 0.0957. The summed E-state index contributed by atoms with van der Waals surface area (Å²) >= 11 is 0. The topological polar surface area (TPSA) is 35.2 Å². The first kappa shape index (κ1) is 14.3. The summed E-state index contributed by atoms with van der Waals surface area (Å²) in [6.45, 7) is 6.33. The zero-order chi connectivity index (χ0) is 14.0. The Morgan fingerprint density at radius 3 is 2.42 bits per heavy atom. The van der Waals surface area contributed by atoms with Crippen molar-refractivity contribution < 1.29 is 9.13 Å². The van der Waals surface area contributed by atoms with Crippen molar-refractivity contribution in [3.05, 3.63) is 29.6 Å². The molecule has 0 heterocycles. The normalized spacial score (nSPS) is 29.0. The van der Waals surface area contributed by atoms with Gasteiger partial charge in [-0.15, -0.1) is 0 Å². The van der Waals surface area contributed by atoms with Crippen molar-refractivity contribution in [1.82, 2.24) is 0 Å². The van der Waals surface area contributed by atoms with Crippen LogP contribution >= 0.6 is 0 Å². The predicted molar refractivity (Wildman–Crippen MR) is 75.6 cm³/mol. The molecule has 3 heteroatoms. The van der Waals surface area contributed by atoms with Gasteiger partial charge in [0.05, 0.1) is 6.10 Å². The monoisotopic (exact) mass is 265 g/mol. The van der Waals surface area contributed by atoms with Crippen LogP contribution in [0.2, 0.25) is 0 Å². The third-order valence-electron chi connectivity index (χ3n) is 3.91. The highest BCUT2D eigenvalue weighted by atomic mass is 19.1. The summed E-state index contributed by atoms with van der Waals surface area (Å²) in [5.41, 5.74) is 6.65. The molecule has 2 N–H and O–H groups in total. The summed E-state index contributed by atoms with van der Waals surface area (Å²) in [6, 6.07) is 4.76. The molecule has 0 bridgehead atoms. The lowest BCUT2D eigenvalue weighted by Crippen LogP contribution is -2.29. The van der Waals surface area contributed by atoms with Crippen molar-refractivity contribution in [3.8, 4) is 5.75 Å². The van der Waals surface area contributed by atoms with Gasteiger partial charge in [-0.25, -0.2) is 4.39 Å². The molecule has 1 aliphatic carbocycles. The van der Waals surface area contributed by atoms with E-state index < -0.39 is 0 Å². The Kier molecular flexibility index (Phi) is 4.46. The van der Waals surface area contributed by atoms with Gasteiger partial charge in [-0.05, 0) is 44.1 Å². The predicted octanol–water partition coefficient (Wildman–Crippen LogP) is 4.05. The number of nitrogens with two attached hydrogens (primary N) is 1. The summed E-state index contributed by atoms with van der Waals surface area (Å²) in [5.74, 6) is 1.32. The van der Waals surface area contributed by atoms with Gasteiger partial charge in [-0.2, -0.15) is 0 Å². The number of hydrogen-bond donors (Lipinski definition) is 1. The average Bonchev–Trinajstić information content (AvgIpc) is 2.30. The van der Waals surface area contributed by atoms with Crippen LogP contribution < -0.4 is 10.5 Å². The van der Waals surface area contributed by atoms with Gasteiger partial charge in [0.15, 0.2) is 11.6 Å². The van der Waals surface area contributed by atoms with E-state index in [0.29, 0.717) is 17.6 Å². The van der Waals surface area contributed by atoms with Crippen LogP contribution in [-0.2, 0) is 0 Å². The fourth-order valence-corrected chi connectivity index (χ4v) is 3.14. The molecule has 1 saturated carbocycles. The van der Waals surface area contributed by atoms with Crippen LogP contribution in [0.25, 0.3) is 0 Å². The molecular weight excluding hydrogens is 241 g/mol. The Hall–Kier alpha value is -1.09. The molecule has 1 aliphatic rings. The van der Waals surface area contributed by atoms with Crippen molar-refractivity contribution in [1.29, 1.82) is 0 Å². The molecule has 106 valence electrons. The second kappa shape index (κ2) is 5.91. The first-order valence-electron chi connectivity index (χ1n) is 7.18. The SMILES string of the molecule is CC1CC(C)CC(Oc2c(F)cccc2[C@H](C)N)C1. The lowest BCUT2D eigenvalue weighted by Gasteiger charge is -2.32. The Balaban J connectivity index is 2.18. The largest absolute Gasteiger partial charge is 0.487 e. The van der Waals surface area contributed by atoms with Crippen LogP contribution in [0.5, 0.6) is 5.75 Å². The van der Waals surface area contributed by atoms with Crippen molar-refractivity contribution in [3.63, 3.8) is 0 Å². The molecule has 1 fully saturated rings. The Morgan fingerprint density at radius 2 is 1.84 bits per heavy atom. The van der Waals surface area contributed by atoms with Gasteiger partial charge in [-0.3, -0.25) is 0 Å². The Bertz CT molecular complexity index is 423. The highest BCUT2D eigenvalue weighted by Gasteiger charge is 2.27. The first-order chi connectivity index (χ1) is 8.97. The molecule has 0 aliphatic heterocycles. The number of hydrogen-bond acceptors (Lipinski definition) is 2. The minimum atomic E-state index is -0.305.